The molecule has 166 valence electrons. The van der Waals surface area contributed by atoms with Crippen LogP contribution in [0.25, 0.3) is 0 Å². The summed E-state index contributed by atoms with van der Waals surface area (Å²) in [5.74, 6) is 1.48. The Kier molecular flexibility index (Phi) is 7.14. The molecule has 0 atom stereocenters. The predicted octanol–water partition coefficient (Wildman–Crippen LogP) is 2.86. The first-order chi connectivity index (χ1) is 15.2. The van der Waals surface area contributed by atoms with Gasteiger partial charge in [-0.25, -0.2) is 9.97 Å². The maximum absolute atomic E-state index is 12.6. The normalized spacial score (nSPS) is 17.8. The van der Waals surface area contributed by atoms with Gasteiger partial charge >= 0.3 is 0 Å². The van der Waals surface area contributed by atoms with Crippen molar-refractivity contribution < 1.29 is 4.79 Å². The van der Waals surface area contributed by atoms with Crippen LogP contribution >= 0.6 is 11.3 Å². The Bertz CT molecular complexity index is 914. The molecule has 2 aliphatic rings. The first kappa shape index (κ1) is 21.7. The molecule has 1 amide bonds. The lowest BCUT2D eigenvalue weighted by Crippen LogP contribution is -2.42. The van der Waals surface area contributed by atoms with Gasteiger partial charge in [-0.2, -0.15) is 0 Å². The van der Waals surface area contributed by atoms with Gasteiger partial charge in [0.2, 0.25) is 0 Å². The van der Waals surface area contributed by atoms with Gasteiger partial charge < -0.3 is 20.9 Å². The molecule has 0 unspecified atom stereocenters. The van der Waals surface area contributed by atoms with E-state index in [-0.39, 0.29) is 11.9 Å². The third-order valence-corrected chi connectivity index (χ3v) is 6.95. The molecule has 0 spiro atoms. The third-order valence-electron chi connectivity index (χ3n) is 5.94. The van der Waals surface area contributed by atoms with Crippen LogP contribution in [0.15, 0.2) is 18.3 Å². The van der Waals surface area contributed by atoms with Crippen LogP contribution in [0, 0.1) is 5.41 Å². The van der Waals surface area contributed by atoms with Gasteiger partial charge in [-0.05, 0) is 50.9 Å². The smallest absolute Gasteiger partial charge is 0.280 e. The van der Waals surface area contributed by atoms with Gasteiger partial charge in [0.25, 0.3) is 5.91 Å². The molecule has 2 aromatic heterocycles. The van der Waals surface area contributed by atoms with Gasteiger partial charge in [0, 0.05) is 37.9 Å². The van der Waals surface area contributed by atoms with Crippen molar-refractivity contribution >= 4 is 34.6 Å². The second-order valence-corrected chi connectivity index (χ2v) is 9.15. The highest BCUT2D eigenvalue weighted by Crippen LogP contribution is 2.26. The van der Waals surface area contributed by atoms with Crippen LogP contribution < -0.4 is 20.9 Å². The molecular weight excluding hydrogens is 410 g/mol. The highest BCUT2D eigenvalue weighted by Gasteiger charge is 2.21. The van der Waals surface area contributed by atoms with Crippen molar-refractivity contribution in [1.82, 2.24) is 20.6 Å². The molecule has 0 radical (unpaired) electrons. The number of nitrogens with zero attached hydrogens (tertiary/aromatic N) is 3. The Balaban J connectivity index is 1.48. The number of thiazole rings is 1. The van der Waals surface area contributed by atoms with E-state index >= 15 is 0 Å². The van der Waals surface area contributed by atoms with Crippen molar-refractivity contribution in [3.63, 3.8) is 0 Å². The number of nitrogens with one attached hydrogen (secondary N) is 4. The molecule has 4 heterocycles. The van der Waals surface area contributed by atoms with Crippen molar-refractivity contribution in [2.75, 3.05) is 43.4 Å². The summed E-state index contributed by atoms with van der Waals surface area (Å²) >= 11 is 1.26. The summed E-state index contributed by atoms with van der Waals surface area (Å²) in [6.07, 6.45) is 8.41. The van der Waals surface area contributed by atoms with Crippen molar-refractivity contribution in [2.24, 2.45) is 0 Å². The molecule has 31 heavy (non-hydrogen) atoms. The number of amides is 1. The van der Waals surface area contributed by atoms with Crippen LogP contribution in [0.3, 0.4) is 0 Å². The maximum Gasteiger partial charge on any atom is 0.280 e. The third kappa shape index (κ3) is 5.22. The van der Waals surface area contributed by atoms with E-state index in [9.17, 15) is 4.79 Å². The van der Waals surface area contributed by atoms with Gasteiger partial charge in [0.15, 0.2) is 5.01 Å². The van der Waals surface area contributed by atoms with E-state index in [1.807, 2.05) is 19.2 Å². The summed E-state index contributed by atoms with van der Waals surface area (Å²) in [4.78, 5) is 24.6. The first-order valence-corrected chi connectivity index (χ1v) is 12.0. The molecule has 4 N–H and O–H groups in total. The molecule has 2 aliphatic heterocycles. The number of rotatable bonds is 6. The van der Waals surface area contributed by atoms with Crippen LogP contribution in [0.1, 0.15) is 58.8 Å². The van der Waals surface area contributed by atoms with E-state index in [4.69, 9.17) is 10.4 Å². The van der Waals surface area contributed by atoms with Crippen molar-refractivity contribution in [2.45, 2.75) is 44.6 Å². The molecule has 0 bridgehead atoms. The predicted molar refractivity (Wildman–Crippen MR) is 126 cm³/mol. The zero-order valence-electron chi connectivity index (χ0n) is 18.0. The van der Waals surface area contributed by atoms with E-state index in [1.54, 1.807) is 6.20 Å². The van der Waals surface area contributed by atoms with Crippen LogP contribution in [0.5, 0.6) is 0 Å². The molecule has 9 heteroatoms. The number of pyridine rings is 1. The monoisotopic (exact) mass is 441 g/mol. The molecule has 4 rings (SSSR count). The summed E-state index contributed by atoms with van der Waals surface area (Å²) in [7, 11) is 1.83. The Labute approximate surface area is 187 Å². The first-order valence-electron chi connectivity index (χ1n) is 11.2. The average molecular weight is 442 g/mol. The lowest BCUT2D eigenvalue weighted by molar-refractivity contribution is 0.0929. The topological polar surface area (TPSA) is 106 Å². The zero-order chi connectivity index (χ0) is 21.6. The highest BCUT2D eigenvalue weighted by molar-refractivity contribution is 7.15. The molecule has 2 aromatic rings. The molecule has 0 aromatic carbocycles. The maximum atomic E-state index is 12.6. The minimum Gasteiger partial charge on any atom is -0.373 e. The summed E-state index contributed by atoms with van der Waals surface area (Å²) in [5, 5.41) is 18.6. The van der Waals surface area contributed by atoms with E-state index in [1.165, 1.54) is 37.0 Å². The van der Waals surface area contributed by atoms with E-state index < -0.39 is 0 Å². The standard InChI is InChI=1S/C22H31N7OS/c1-24-20-16(6-7-18(28-20)29-12-4-2-3-5-13-29)19(23)17-14-26-22(31-17)21(30)27-15-8-10-25-11-9-15/h6-7,14-15,23,25H,2-5,8-13H2,1H3,(H,24,28)(H,27,30). The van der Waals surface area contributed by atoms with Gasteiger partial charge in [-0.15, -0.1) is 11.3 Å². The molecule has 0 saturated carbocycles. The second kappa shape index (κ2) is 10.2. The van der Waals surface area contributed by atoms with Crippen LogP contribution in [0.4, 0.5) is 11.6 Å². The fraction of sp³-hybridized carbons (Fsp3) is 0.545. The van der Waals surface area contributed by atoms with Crippen LogP contribution in [-0.2, 0) is 0 Å². The Morgan fingerprint density at radius 3 is 2.65 bits per heavy atom. The molecular formula is C22H31N7OS. The highest BCUT2D eigenvalue weighted by atomic mass is 32.1. The fourth-order valence-electron chi connectivity index (χ4n) is 4.16. The van der Waals surface area contributed by atoms with Gasteiger partial charge in [0.05, 0.1) is 10.6 Å². The molecule has 2 fully saturated rings. The summed E-state index contributed by atoms with van der Waals surface area (Å²) in [5.41, 5.74) is 1.05. The van der Waals surface area contributed by atoms with Crippen molar-refractivity contribution in [1.29, 1.82) is 5.41 Å². The SMILES string of the molecule is CNc1nc(N2CCCCCC2)ccc1C(=N)c1cnc(C(=O)NC2CCNCC2)s1. The van der Waals surface area contributed by atoms with Crippen LogP contribution in [-0.4, -0.2) is 60.9 Å². The number of carbonyl (C=O) groups excluding carboxylic acids is 1. The Hall–Kier alpha value is -2.52. The number of hydrogen-bond acceptors (Lipinski definition) is 8. The lowest BCUT2D eigenvalue weighted by atomic mass is 10.1. The van der Waals surface area contributed by atoms with Gasteiger partial charge in [-0.3, -0.25) is 10.2 Å². The minimum atomic E-state index is -0.153. The number of anilines is 2. The van der Waals surface area contributed by atoms with Gasteiger partial charge in [-0.1, -0.05) is 12.8 Å². The number of aromatic nitrogens is 2. The van der Waals surface area contributed by atoms with E-state index in [2.05, 4.69) is 25.8 Å². The molecule has 8 nitrogen and oxygen atoms in total. The largest absolute Gasteiger partial charge is 0.373 e. The summed E-state index contributed by atoms with van der Waals surface area (Å²) in [6, 6.07) is 4.14. The second-order valence-electron chi connectivity index (χ2n) is 8.12. The van der Waals surface area contributed by atoms with Crippen LogP contribution in [0.2, 0.25) is 0 Å². The summed E-state index contributed by atoms with van der Waals surface area (Å²) < 4.78 is 0. The van der Waals surface area contributed by atoms with E-state index in [0.29, 0.717) is 21.4 Å². The molecule has 0 aliphatic carbocycles. The Morgan fingerprint density at radius 1 is 1.19 bits per heavy atom. The minimum absolute atomic E-state index is 0.153. The zero-order valence-corrected chi connectivity index (χ0v) is 18.9. The summed E-state index contributed by atoms with van der Waals surface area (Å²) in [6.45, 7) is 3.90. The number of hydrogen-bond donors (Lipinski definition) is 4. The van der Waals surface area contributed by atoms with Crippen molar-refractivity contribution in [3.8, 4) is 0 Å². The lowest BCUT2D eigenvalue weighted by Gasteiger charge is -2.23. The average Bonchev–Trinajstić information content (AvgIpc) is 3.15. The quantitative estimate of drug-likeness (QED) is 0.514. The fourth-order valence-corrected chi connectivity index (χ4v) is 4.94. The van der Waals surface area contributed by atoms with Crippen molar-refractivity contribution in [3.05, 3.63) is 33.8 Å². The van der Waals surface area contributed by atoms with Gasteiger partial charge in [0.1, 0.15) is 11.6 Å². The van der Waals surface area contributed by atoms with E-state index in [0.717, 1.165) is 50.4 Å². The Morgan fingerprint density at radius 2 is 1.94 bits per heavy atom. The molecule has 2 saturated heterocycles. The number of carbonyl (C=O) groups is 1. The number of piperidine rings is 1.